The molecule has 0 bridgehead atoms. The summed E-state index contributed by atoms with van der Waals surface area (Å²) in [4.78, 5) is 22.1. The van der Waals surface area contributed by atoms with Crippen molar-refractivity contribution in [1.82, 2.24) is 10.6 Å². The fraction of sp³-hybridized carbons (Fsp3) is 0.714. The van der Waals surface area contributed by atoms with Crippen molar-refractivity contribution < 1.29 is 18.7 Å². The predicted molar refractivity (Wildman–Crippen MR) is 49.1 cm³/mol. The summed E-state index contributed by atoms with van der Waals surface area (Å²) in [7, 11) is -0.807. The van der Waals surface area contributed by atoms with Crippen LogP contribution in [0.4, 0.5) is 0 Å². The van der Waals surface area contributed by atoms with Crippen molar-refractivity contribution in [2.24, 2.45) is 0 Å². The van der Waals surface area contributed by atoms with E-state index in [9.17, 15) is 14.2 Å². The van der Waals surface area contributed by atoms with E-state index in [4.69, 9.17) is 0 Å². The molecule has 1 rings (SSSR count). The SMILES string of the molecule is O=[PH+]OCCNC(=O)[C@@H]1CCC(=O)N1. The van der Waals surface area contributed by atoms with Gasteiger partial charge in [0.1, 0.15) is 12.6 Å². The molecule has 7 heteroatoms. The molecule has 0 aromatic heterocycles. The summed E-state index contributed by atoms with van der Waals surface area (Å²) in [6.07, 6.45) is 0.936. The zero-order valence-corrected chi connectivity index (χ0v) is 8.54. The van der Waals surface area contributed by atoms with Crippen molar-refractivity contribution in [2.75, 3.05) is 13.2 Å². The lowest BCUT2D eigenvalue weighted by Gasteiger charge is -2.08. The molecule has 78 valence electrons. The lowest BCUT2D eigenvalue weighted by molar-refractivity contribution is -0.125. The molecule has 14 heavy (non-hydrogen) atoms. The fourth-order valence-electron chi connectivity index (χ4n) is 1.20. The van der Waals surface area contributed by atoms with Crippen LogP contribution in [0.25, 0.3) is 0 Å². The van der Waals surface area contributed by atoms with E-state index in [-0.39, 0.29) is 18.4 Å². The molecule has 2 N–H and O–H groups in total. The third-order valence-corrected chi connectivity index (χ3v) is 2.20. The van der Waals surface area contributed by atoms with Gasteiger partial charge in [-0.15, -0.1) is 4.52 Å². The van der Waals surface area contributed by atoms with Gasteiger partial charge in [-0.3, -0.25) is 9.59 Å². The van der Waals surface area contributed by atoms with Gasteiger partial charge in [0.15, 0.2) is 0 Å². The molecular formula is C7H12N2O4P+. The van der Waals surface area contributed by atoms with E-state index < -0.39 is 14.7 Å². The molecule has 0 radical (unpaired) electrons. The summed E-state index contributed by atoms with van der Waals surface area (Å²) in [5.41, 5.74) is 0. The molecule has 1 aliphatic heterocycles. The molecule has 0 aliphatic carbocycles. The molecule has 0 saturated carbocycles. The van der Waals surface area contributed by atoms with Crippen LogP contribution in [0.15, 0.2) is 0 Å². The third kappa shape index (κ3) is 3.40. The van der Waals surface area contributed by atoms with Gasteiger partial charge in [-0.25, -0.2) is 0 Å². The zero-order valence-electron chi connectivity index (χ0n) is 7.54. The van der Waals surface area contributed by atoms with Gasteiger partial charge in [0.25, 0.3) is 0 Å². The minimum atomic E-state index is -0.807. The molecule has 0 aromatic rings. The number of hydrogen-bond acceptors (Lipinski definition) is 4. The Kier molecular flexibility index (Phi) is 4.49. The fourth-order valence-corrected chi connectivity index (χ4v) is 1.39. The average Bonchev–Trinajstić information content (AvgIpc) is 2.59. The van der Waals surface area contributed by atoms with Crippen LogP contribution in [0.1, 0.15) is 12.8 Å². The van der Waals surface area contributed by atoms with E-state index in [0.29, 0.717) is 19.4 Å². The van der Waals surface area contributed by atoms with Crippen LogP contribution in [0, 0.1) is 0 Å². The maximum absolute atomic E-state index is 11.3. The van der Waals surface area contributed by atoms with Gasteiger partial charge in [-0.05, 0) is 11.0 Å². The second kappa shape index (κ2) is 5.67. The smallest absolute Gasteiger partial charge is 0.352 e. The Labute approximate surface area is 82.7 Å². The minimum Gasteiger partial charge on any atom is -0.352 e. The highest BCUT2D eigenvalue weighted by Crippen LogP contribution is 2.05. The number of rotatable bonds is 5. The molecule has 1 fully saturated rings. The maximum Gasteiger partial charge on any atom is 0.494 e. The summed E-state index contributed by atoms with van der Waals surface area (Å²) in [5.74, 6) is -0.309. The van der Waals surface area contributed by atoms with E-state index in [1.807, 2.05) is 0 Å². The monoisotopic (exact) mass is 219 g/mol. The first-order valence-corrected chi connectivity index (χ1v) is 5.11. The Morgan fingerprint density at radius 2 is 2.50 bits per heavy atom. The Hall–Kier alpha value is -1.00. The molecule has 2 amide bonds. The van der Waals surface area contributed by atoms with Crippen molar-refractivity contribution >= 4 is 20.5 Å². The van der Waals surface area contributed by atoms with Gasteiger partial charge >= 0.3 is 8.69 Å². The minimum absolute atomic E-state index is 0.0950. The number of carbonyl (C=O) groups is 2. The summed E-state index contributed by atoms with van der Waals surface area (Å²) in [6, 6.07) is -0.419. The van der Waals surface area contributed by atoms with Gasteiger partial charge in [-0.1, -0.05) is 0 Å². The first-order valence-electron chi connectivity index (χ1n) is 4.30. The average molecular weight is 219 g/mol. The molecule has 1 saturated heterocycles. The number of carbonyl (C=O) groups excluding carboxylic acids is 2. The predicted octanol–water partition coefficient (Wildman–Crippen LogP) is -0.663. The summed E-state index contributed by atoms with van der Waals surface area (Å²) >= 11 is 0. The maximum atomic E-state index is 11.3. The van der Waals surface area contributed by atoms with Crippen LogP contribution < -0.4 is 10.6 Å². The lowest BCUT2D eigenvalue weighted by Crippen LogP contribution is -2.42. The highest BCUT2D eigenvalue weighted by Gasteiger charge is 2.26. The molecule has 6 nitrogen and oxygen atoms in total. The molecular weight excluding hydrogens is 207 g/mol. The van der Waals surface area contributed by atoms with Crippen molar-refractivity contribution in [3.8, 4) is 0 Å². The first kappa shape index (κ1) is 11.1. The van der Waals surface area contributed by atoms with Crippen LogP contribution >= 0.6 is 8.69 Å². The molecule has 1 aliphatic rings. The molecule has 0 aromatic carbocycles. The van der Waals surface area contributed by atoms with Crippen molar-refractivity contribution in [3.63, 3.8) is 0 Å². The second-order valence-electron chi connectivity index (χ2n) is 2.88. The zero-order chi connectivity index (χ0) is 10.4. The second-order valence-corrected chi connectivity index (χ2v) is 3.34. The van der Waals surface area contributed by atoms with Crippen molar-refractivity contribution in [1.29, 1.82) is 0 Å². The van der Waals surface area contributed by atoms with E-state index in [1.54, 1.807) is 0 Å². The Bertz CT molecular complexity index is 246. The van der Waals surface area contributed by atoms with E-state index in [0.717, 1.165) is 0 Å². The van der Waals surface area contributed by atoms with Crippen molar-refractivity contribution in [3.05, 3.63) is 0 Å². The van der Waals surface area contributed by atoms with E-state index in [2.05, 4.69) is 15.2 Å². The largest absolute Gasteiger partial charge is 0.494 e. The summed E-state index contributed by atoms with van der Waals surface area (Å²) < 4.78 is 14.4. The number of nitrogens with one attached hydrogen (secondary N) is 2. The molecule has 0 spiro atoms. The Balaban J connectivity index is 2.15. The van der Waals surface area contributed by atoms with E-state index in [1.165, 1.54) is 0 Å². The van der Waals surface area contributed by atoms with Crippen LogP contribution in [0.5, 0.6) is 0 Å². The number of hydrogen-bond donors (Lipinski definition) is 2. The Morgan fingerprint density at radius 3 is 3.07 bits per heavy atom. The quantitative estimate of drug-likeness (QED) is 0.474. The molecule has 1 unspecified atom stereocenters. The van der Waals surface area contributed by atoms with Gasteiger partial charge < -0.3 is 10.6 Å². The van der Waals surface area contributed by atoms with Crippen LogP contribution in [0.2, 0.25) is 0 Å². The molecule has 1 heterocycles. The van der Waals surface area contributed by atoms with Gasteiger partial charge in [0.2, 0.25) is 11.8 Å². The highest BCUT2D eigenvalue weighted by molar-refractivity contribution is 7.17. The topological polar surface area (TPSA) is 84.5 Å². The van der Waals surface area contributed by atoms with Crippen LogP contribution in [-0.4, -0.2) is 31.0 Å². The van der Waals surface area contributed by atoms with E-state index >= 15 is 0 Å². The van der Waals surface area contributed by atoms with Crippen molar-refractivity contribution in [2.45, 2.75) is 18.9 Å². The van der Waals surface area contributed by atoms with Gasteiger partial charge in [-0.2, -0.15) is 0 Å². The van der Waals surface area contributed by atoms with Gasteiger partial charge in [0.05, 0.1) is 0 Å². The number of amides is 2. The lowest BCUT2D eigenvalue weighted by atomic mass is 10.2. The summed E-state index contributed by atoms with van der Waals surface area (Å²) in [5, 5.41) is 5.11. The summed E-state index contributed by atoms with van der Waals surface area (Å²) in [6.45, 7) is 0.523. The van der Waals surface area contributed by atoms with Gasteiger partial charge in [0, 0.05) is 13.0 Å². The van der Waals surface area contributed by atoms with Crippen LogP contribution in [-0.2, 0) is 18.7 Å². The molecule has 2 atom stereocenters. The van der Waals surface area contributed by atoms with Crippen LogP contribution in [0.3, 0.4) is 0 Å². The Morgan fingerprint density at radius 1 is 1.71 bits per heavy atom. The standard InChI is InChI=1S/C7H11N2O4P/c10-6-2-1-5(9-6)7(11)8-3-4-13-14-12/h5,14H,1-4H2,(H-,8,9,10,11)/p+1/t5-/m0/s1. The third-order valence-electron chi connectivity index (χ3n) is 1.87. The highest BCUT2D eigenvalue weighted by atomic mass is 31.1. The first-order chi connectivity index (χ1) is 6.74. The normalized spacial score (nSPS) is 20.9.